The third-order valence-corrected chi connectivity index (χ3v) is 3.50. The van der Waals surface area contributed by atoms with Gasteiger partial charge in [0.2, 0.25) is 11.9 Å². The molecule has 1 aromatic heterocycles. The van der Waals surface area contributed by atoms with Gasteiger partial charge in [0.15, 0.2) is 0 Å². The van der Waals surface area contributed by atoms with Gasteiger partial charge >= 0.3 is 0 Å². The van der Waals surface area contributed by atoms with Crippen LogP contribution >= 0.6 is 11.6 Å². The van der Waals surface area contributed by atoms with E-state index in [0.717, 1.165) is 0 Å². The number of imidazole rings is 1. The topological polar surface area (TPSA) is 72.9 Å². The van der Waals surface area contributed by atoms with Crippen LogP contribution in [0.4, 0.5) is 10.3 Å². The van der Waals surface area contributed by atoms with Gasteiger partial charge in [0.25, 0.3) is 0 Å². The van der Waals surface area contributed by atoms with E-state index in [4.69, 9.17) is 17.3 Å². The van der Waals surface area contributed by atoms with E-state index in [-0.39, 0.29) is 23.4 Å². The minimum absolute atomic E-state index is 0.00675. The van der Waals surface area contributed by atoms with Crippen molar-refractivity contribution in [3.05, 3.63) is 23.0 Å². The molecule has 3 N–H and O–H groups in total. The molecule has 0 unspecified atom stereocenters. The van der Waals surface area contributed by atoms with E-state index in [9.17, 15) is 9.18 Å². The number of nitrogen functional groups attached to an aromatic ring is 1. The fourth-order valence-corrected chi connectivity index (χ4v) is 2.27. The zero-order chi connectivity index (χ0) is 15.1. The smallest absolute Gasteiger partial charge is 0.227 e. The van der Waals surface area contributed by atoms with Crippen LogP contribution in [0.1, 0.15) is 13.8 Å². The summed E-state index contributed by atoms with van der Waals surface area (Å²) < 4.78 is 15.2. The lowest BCUT2D eigenvalue weighted by Crippen LogP contribution is -2.37. The summed E-state index contributed by atoms with van der Waals surface area (Å²) in [6.45, 7) is 3.85. The van der Waals surface area contributed by atoms with Gasteiger partial charge in [-0.2, -0.15) is 0 Å². The molecular formula is C13H16ClFN4O. The Bertz CT molecular complexity index is 681. The third-order valence-electron chi connectivity index (χ3n) is 3.21. The Morgan fingerprint density at radius 2 is 2.20 bits per heavy atom. The second kappa shape index (κ2) is 4.94. The SMILES string of the molecule is CNC(=O)C(C)(C)Cn1c(N)nc2cc(Cl)c(F)cc21. The van der Waals surface area contributed by atoms with Gasteiger partial charge in [-0.15, -0.1) is 0 Å². The Kier molecular flexibility index (Phi) is 3.60. The van der Waals surface area contributed by atoms with Crippen molar-refractivity contribution < 1.29 is 9.18 Å². The van der Waals surface area contributed by atoms with Crippen LogP contribution in [-0.4, -0.2) is 22.5 Å². The Labute approximate surface area is 120 Å². The standard InChI is InChI=1S/C13H16ClFN4O/c1-13(2,11(20)17-3)6-19-10-5-8(15)7(14)4-9(10)18-12(19)16/h4-5H,6H2,1-3H3,(H2,16,18)(H,17,20). The Hall–Kier alpha value is -1.82. The number of hydrogen-bond acceptors (Lipinski definition) is 3. The number of nitrogens with two attached hydrogens (primary N) is 1. The highest BCUT2D eigenvalue weighted by molar-refractivity contribution is 6.31. The normalized spacial score (nSPS) is 11.8. The van der Waals surface area contributed by atoms with Crippen LogP contribution in [-0.2, 0) is 11.3 Å². The van der Waals surface area contributed by atoms with Crippen molar-refractivity contribution in [2.24, 2.45) is 5.41 Å². The van der Waals surface area contributed by atoms with Crippen molar-refractivity contribution in [1.29, 1.82) is 0 Å². The second-order valence-corrected chi connectivity index (χ2v) is 5.68. The first kappa shape index (κ1) is 14.6. The van der Waals surface area contributed by atoms with Crippen LogP contribution in [0.15, 0.2) is 12.1 Å². The maximum Gasteiger partial charge on any atom is 0.227 e. The van der Waals surface area contributed by atoms with Gasteiger partial charge in [-0.3, -0.25) is 4.79 Å². The number of amides is 1. The number of aromatic nitrogens is 2. The number of benzene rings is 1. The first-order valence-electron chi connectivity index (χ1n) is 6.09. The molecule has 0 aliphatic rings. The number of hydrogen-bond donors (Lipinski definition) is 2. The van der Waals surface area contributed by atoms with Gasteiger partial charge in [0.1, 0.15) is 5.82 Å². The lowest BCUT2D eigenvalue weighted by atomic mass is 9.92. The predicted octanol–water partition coefficient (Wildman–Crippen LogP) is 2.18. The average Bonchev–Trinajstić information content (AvgIpc) is 2.65. The van der Waals surface area contributed by atoms with E-state index < -0.39 is 11.2 Å². The van der Waals surface area contributed by atoms with Crippen LogP contribution < -0.4 is 11.1 Å². The van der Waals surface area contributed by atoms with Crippen LogP contribution in [0.5, 0.6) is 0 Å². The minimum Gasteiger partial charge on any atom is -0.369 e. The summed E-state index contributed by atoms with van der Waals surface area (Å²) in [5.41, 5.74) is 6.17. The Morgan fingerprint density at radius 3 is 2.80 bits per heavy atom. The summed E-state index contributed by atoms with van der Waals surface area (Å²) >= 11 is 5.73. The molecule has 1 amide bonds. The average molecular weight is 299 g/mol. The molecule has 0 spiro atoms. The summed E-state index contributed by atoms with van der Waals surface area (Å²) in [4.78, 5) is 16.0. The largest absolute Gasteiger partial charge is 0.369 e. The van der Waals surface area contributed by atoms with Gasteiger partial charge in [-0.05, 0) is 19.9 Å². The third kappa shape index (κ3) is 2.43. The highest BCUT2D eigenvalue weighted by atomic mass is 35.5. The molecule has 0 saturated carbocycles. The van der Waals surface area contributed by atoms with Crippen molar-refractivity contribution >= 4 is 34.5 Å². The van der Waals surface area contributed by atoms with E-state index in [2.05, 4.69) is 10.3 Å². The fraction of sp³-hybridized carbons (Fsp3) is 0.385. The van der Waals surface area contributed by atoms with Gasteiger partial charge in [-0.25, -0.2) is 9.37 Å². The maximum absolute atomic E-state index is 13.6. The Morgan fingerprint density at radius 1 is 1.55 bits per heavy atom. The molecule has 0 aliphatic carbocycles. The van der Waals surface area contributed by atoms with Crippen molar-refractivity contribution in [1.82, 2.24) is 14.9 Å². The number of rotatable bonds is 3. The molecule has 108 valence electrons. The van der Waals surface area contributed by atoms with Gasteiger partial charge in [0.05, 0.1) is 21.5 Å². The van der Waals surface area contributed by atoms with Gasteiger partial charge in [0, 0.05) is 19.7 Å². The molecule has 0 fully saturated rings. The summed E-state index contributed by atoms with van der Waals surface area (Å²) in [6, 6.07) is 2.70. The summed E-state index contributed by atoms with van der Waals surface area (Å²) in [6.07, 6.45) is 0. The first-order valence-corrected chi connectivity index (χ1v) is 6.47. The molecule has 0 saturated heterocycles. The quantitative estimate of drug-likeness (QED) is 0.912. The van der Waals surface area contributed by atoms with Gasteiger partial charge < -0.3 is 15.6 Å². The van der Waals surface area contributed by atoms with Gasteiger partial charge in [-0.1, -0.05) is 11.6 Å². The lowest BCUT2D eigenvalue weighted by molar-refractivity contribution is -0.129. The molecule has 2 rings (SSSR count). The van der Waals surface area contributed by atoms with E-state index in [1.807, 2.05) is 0 Å². The molecule has 0 aliphatic heterocycles. The van der Waals surface area contributed by atoms with Crippen LogP contribution in [0.25, 0.3) is 11.0 Å². The van der Waals surface area contributed by atoms with E-state index in [1.165, 1.54) is 12.1 Å². The molecule has 20 heavy (non-hydrogen) atoms. The van der Waals surface area contributed by atoms with Crippen LogP contribution in [0, 0.1) is 11.2 Å². The van der Waals surface area contributed by atoms with Crippen molar-refractivity contribution in [2.75, 3.05) is 12.8 Å². The summed E-state index contributed by atoms with van der Waals surface area (Å²) in [5, 5.41) is 2.59. The molecule has 0 radical (unpaired) electrons. The predicted molar refractivity (Wildman–Crippen MR) is 77.0 cm³/mol. The van der Waals surface area contributed by atoms with Crippen molar-refractivity contribution in [2.45, 2.75) is 20.4 Å². The zero-order valence-corrected chi connectivity index (χ0v) is 12.3. The van der Waals surface area contributed by atoms with Crippen LogP contribution in [0.2, 0.25) is 5.02 Å². The fourth-order valence-electron chi connectivity index (χ4n) is 2.11. The lowest BCUT2D eigenvalue weighted by Gasteiger charge is -2.23. The zero-order valence-electron chi connectivity index (χ0n) is 11.5. The summed E-state index contributed by atoms with van der Waals surface area (Å²) in [7, 11) is 1.57. The molecular weight excluding hydrogens is 283 g/mol. The number of anilines is 1. The van der Waals surface area contributed by atoms with E-state index >= 15 is 0 Å². The molecule has 1 aromatic carbocycles. The summed E-state index contributed by atoms with van der Waals surface area (Å²) in [5.74, 6) is -0.454. The number of carbonyl (C=O) groups is 1. The highest BCUT2D eigenvalue weighted by Gasteiger charge is 2.29. The highest BCUT2D eigenvalue weighted by Crippen LogP contribution is 2.28. The van der Waals surface area contributed by atoms with Crippen molar-refractivity contribution in [3.8, 4) is 0 Å². The second-order valence-electron chi connectivity index (χ2n) is 5.27. The van der Waals surface area contributed by atoms with E-state index in [1.54, 1.807) is 25.5 Å². The molecule has 5 nitrogen and oxygen atoms in total. The molecule has 1 heterocycles. The number of carbonyl (C=O) groups excluding carboxylic acids is 1. The molecule has 0 atom stereocenters. The number of nitrogens with zero attached hydrogens (tertiary/aromatic N) is 2. The van der Waals surface area contributed by atoms with Crippen LogP contribution in [0.3, 0.4) is 0 Å². The molecule has 2 aromatic rings. The Balaban J connectivity index is 2.52. The number of fused-ring (bicyclic) bond motifs is 1. The monoisotopic (exact) mass is 298 g/mol. The minimum atomic E-state index is -0.702. The van der Waals surface area contributed by atoms with Crippen molar-refractivity contribution in [3.63, 3.8) is 0 Å². The first-order chi connectivity index (χ1) is 9.26. The number of nitrogens with one attached hydrogen (secondary N) is 1. The number of halogens is 2. The molecule has 7 heteroatoms. The van der Waals surface area contributed by atoms with E-state index in [0.29, 0.717) is 11.0 Å². The molecule has 0 bridgehead atoms. The maximum atomic E-state index is 13.6.